The van der Waals surface area contributed by atoms with E-state index in [2.05, 4.69) is 0 Å². The molecule has 0 aliphatic carbocycles. The van der Waals surface area contributed by atoms with E-state index < -0.39 is 0 Å². The maximum atomic E-state index is 8.36. The summed E-state index contributed by atoms with van der Waals surface area (Å²) in [5.74, 6) is 0. The molecule has 7 heavy (non-hydrogen) atoms. The van der Waals surface area contributed by atoms with Gasteiger partial charge in [-0.15, -0.1) is 0 Å². The van der Waals surface area contributed by atoms with Crippen molar-refractivity contribution in [3.63, 3.8) is 0 Å². The fraction of sp³-hybridized carbons (Fsp3) is 0. The SMILES string of the molecule is O=BO.O=BO.[NaH]. The Kier molecular flexibility index (Phi) is 74.1. The Morgan fingerprint density at radius 1 is 1.00 bits per heavy atom. The average molecular weight is 112 g/mol. The third-order valence-electron chi connectivity index (χ3n) is 0. The van der Waals surface area contributed by atoms with Crippen LogP contribution in [0.2, 0.25) is 0 Å². The number of rotatable bonds is 0. The second kappa shape index (κ2) is 33.1. The summed E-state index contributed by atoms with van der Waals surface area (Å²) in [7, 11) is -0.500. The molecule has 0 saturated carbocycles. The van der Waals surface area contributed by atoms with E-state index in [1.807, 2.05) is 0 Å². The van der Waals surface area contributed by atoms with Crippen LogP contribution in [0.25, 0.3) is 0 Å². The Morgan fingerprint density at radius 3 is 1.00 bits per heavy atom. The zero-order valence-electron chi connectivity index (χ0n) is 2.87. The van der Waals surface area contributed by atoms with Gasteiger partial charge in [0.2, 0.25) is 0 Å². The van der Waals surface area contributed by atoms with Crippen LogP contribution in [0.1, 0.15) is 0 Å². The van der Waals surface area contributed by atoms with Crippen molar-refractivity contribution in [1.82, 2.24) is 0 Å². The van der Waals surface area contributed by atoms with Crippen molar-refractivity contribution in [2.24, 2.45) is 0 Å². The van der Waals surface area contributed by atoms with Crippen LogP contribution in [-0.2, 0) is 9.41 Å². The van der Waals surface area contributed by atoms with Gasteiger partial charge >= 0.3 is 63.7 Å². The molecule has 0 aromatic rings. The van der Waals surface area contributed by atoms with Gasteiger partial charge in [-0.2, -0.15) is 0 Å². The van der Waals surface area contributed by atoms with Crippen LogP contribution in [0.4, 0.5) is 0 Å². The van der Waals surface area contributed by atoms with Crippen LogP contribution in [0.3, 0.4) is 0 Å². The molecule has 0 spiro atoms. The molecule has 0 unspecified atom stereocenters. The van der Waals surface area contributed by atoms with Crippen LogP contribution >= 0.6 is 0 Å². The summed E-state index contributed by atoms with van der Waals surface area (Å²) < 4.78 is 16.7. The van der Waals surface area contributed by atoms with E-state index in [1.54, 1.807) is 0 Å². The molecule has 0 bridgehead atoms. The summed E-state index contributed by atoms with van der Waals surface area (Å²) in [6.07, 6.45) is 0. The van der Waals surface area contributed by atoms with Crippen LogP contribution in [0.15, 0.2) is 0 Å². The van der Waals surface area contributed by atoms with Crippen LogP contribution in [0, 0.1) is 0 Å². The summed E-state index contributed by atoms with van der Waals surface area (Å²) in [5.41, 5.74) is 0. The summed E-state index contributed by atoms with van der Waals surface area (Å²) in [6, 6.07) is 0. The van der Waals surface area contributed by atoms with Crippen molar-refractivity contribution in [2.75, 3.05) is 0 Å². The Bertz CT molecular complexity index is 30.7. The predicted octanol–water partition coefficient (Wildman–Crippen LogP) is -2.76. The number of hydrogen-bond donors (Lipinski definition) is 2. The molecule has 0 rings (SSSR count). The molecule has 0 aliphatic heterocycles. The molecular weight excluding hydrogens is 109 g/mol. The minimum atomic E-state index is -0.250. The van der Waals surface area contributed by atoms with Crippen LogP contribution in [0.5, 0.6) is 0 Å². The van der Waals surface area contributed by atoms with Gasteiger partial charge in [-0.25, -0.2) is 0 Å². The van der Waals surface area contributed by atoms with Crippen molar-refractivity contribution in [1.29, 1.82) is 0 Å². The van der Waals surface area contributed by atoms with Crippen LogP contribution < -0.4 is 0 Å². The van der Waals surface area contributed by atoms with E-state index in [-0.39, 0.29) is 44.3 Å². The third kappa shape index (κ3) is 1090. The fourth-order valence-corrected chi connectivity index (χ4v) is 0. The monoisotopic (exact) mass is 112 g/mol. The molecule has 7 heteroatoms. The Morgan fingerprint density at radius 2 is 1.00 bits per heavy atom. The first-order valence-corrected chi connectivity index (χ1v) is 0.988. The van der Waals surface area contributed by atoms with Crippen molar-refractivity contribution >= 4 is 44.3 Å². The second-order valence-electron chi connectivity index (χ2n) is 0.211. The van der Waals surface area contributed by atoms with Gasteiger partial charge in [0.1, 0.15) is 0 Å². The minimum absolute atomic E-state index is 0. The van der Waals surface area contributed by atoms with Gasteiger partial charge in [0, 0.05) is 0 Å². The second-order valence-corrected chi connectivity index (χ2v) is 0.211. The van der Waals surface area contributed by atoms with Gasteiger partial charge in [0.05, 0.1) is 0 Å². The first-order valence-electron chi connectivity index (χ1n) is 0.988. The Hall–Kier alpha value is 0.330. The molecule has 0 radical (unpaired) electrons. The fourth-order valence-electron chi connectivity index (χ4n) is 0. The Labute approximate surface area is 63.8 Å². The normalized spacial score (nSPS) is 2.29. The van der Waals surface area contributed by atoms with Gasteiger partial charge in [-0.3, -0.25) is 0 Å². The van der Waals surface area contributed by atoms with E-state index in [0.29, 0.717) is 0 Å². The van der Waals surface area contributed by atoms with Gasteiger partial charge in [0.15, 0.2) is 0 Å². The van der Waals surface area contributed by atoms with Crippen molar-refractivity contribution in [2.45, 2.75) is 0 Å². The summed E-state index contributed by atoms with van der Waals surface area (Å²) >= 11 is 0. The molecule has 34 valence electrons. The molecule has 0 aliphatic rings. The standard InChI is InChI=1S/2BHO2.Na.H/c2*2-1-3;;/h2*2H;;. The summed E-state index contributed by atoms with van der Waals surface area (Å²) in [6.45, 7) is 0. The quantitative estimate of drug-likeness (QED) is 0.332. The summed E-state index contributed by atoms with van der Waals surface area (Å²) in [4.78, 5) is 0. The zero-order chi connectivity index (χ0) is 5.41. The molecule has 0 amide bonds. The summed E-state index contributed by atoms with van der Waals surface area (Å²) in [5, 5.41) is 13.8. The van der Waals surface area contributed by atoms with E-state index in [4.69, 9.17) is 19.5 Å². The molecule has 0 atom stereocenters. The van der Waals surface area contributed by atoms with Gasteiger partial charge in [-0.1, -0.05) is 0 Å². The van der Waals surface area contributed by atoms with Gasteiger partial charge < -0.3 is 0 Å². The van der Waals surface area contributed by atoms with Crippen molar-refractivity contribution in [3.05, 3.63) is 0 Å². The molecule has 0 heterocycles. The molecule has 0 aromatic carbocycles. The van der Waals surface area contributed by atoms with E-state index in [1.165, 1.54) is 0 Å². The first-order chi connectivity index (χ1) is 2.83. The predicted molar refractivity (Wildman–Crippen MR) is 24.5 cm³/mol. The van der Waals surface area contributed by atoms with E-state index in [0.717, 1.165) is 0 Å². The molecule has 4 nitrogen and oxygen atoms in total. The number of hydrogen-bond acceptors (Lipinski definition) is 2. The molecule has 2 N–H and O–H groups in total. The Balaban J connectivity index is -0.0000000400. The molecule has 0 aromatic heterocycles. The van der Waals surface area contributed by atoms with E-state index >= 15 is 0 Å². The van der Waals surface area contributed by atoms with Gasteiger partial charge in [-0.05, 0) is 0 Å². The van der Waals surface area contributed by atoms with Gasteiger partial charge in [0.25, 0.3) is 0 Å². The zero-order valence-corrected chi connectivity index (χ0v) is 2.87. The third-order valence-corrected chi connectivity index (χ3v) is 0. The molecule has 0 fully saturated rings. The van der Waals surface area contributed by atoms with Crippen molar-refractivity contribution < 1.29 is 19.5 Å². The average Bonchev–Trinajstić information content (AvgIpc) is 1.39. The first kappa shape index (κ1) is 15.7. The molecular formula is H3B2NaO4. The van der Waals surface area contributed by atoms with E-state index in [9.17, 15) is 0 Å². The topological polar surface area (TPSA) is 74.6 Å². The molecule has 0 saturated heterocycles. The maximum absolute atomic E-state index is 8.36. The van der Waals surface area contributed by atoms with Crippen LogP contribution in [-0.4, -0.2) is 54.3 Å². The van der Waals surface area contributed by atoms with Crippen molar-refractivity contribution in [3.8, 4) is 0 Å².